The summed E-state index contributed by atoms with van der Waals surface area (Å²) in [5.41, 5.74) is 1.43. The summed E-state index contributed by atoms with van der Waals surface area (Å²) < 4.78 is 19.7. The number of hydrogen-bond acceptors (Lipinski definition) is 1. The molecule has 1 aliphatic carbocycles. The molecule has 1 fully saturated rings. The molecule has 0 N–H and O–H groups in total. The zero-order valence-electron chi connectivity index (χ0n) is 11.1. The van der Waals surface area contributed by atoms with Gasteiger partial charge in [-0.2, -0.15) is 0 Å². The summed E-state index contributed by atoms with van der Waals surface area (Å²) in [5.74, 6) is 1.43. The second kappa shape index (κ2) is 4.32. The molecule has 1 aromatic rings. The Hall–Kier alpha value is -1.05. The Labute approximate surface area is 103 Å². The van der Waals surface area contributed by atoms with Crippen LogP contribution in [0.4, 0.5) is 4.39 Å². The van der Waals surface area contributed by atoms with Gasteiger partial charge >= 0.3 is 0 Å². The normalized spacial score (nSPS) is 16.1. The van der Waals surface area contributed by atoms with E-state index in [-0.39, 0.29) is 11.2 Å². The summed E-state index contributed by atoms with van der Waals surface area (Å²) in [5, 5.41) is 0. The van der Waals surface area contributed by atoms with Crippen LogP contribution in [0.5, 0.6) is 5.75 Å². The van der Waals surface area contributed by atoms with Gasteiger partial charge in [0.15, 0.2) is 0 Å². The van der Waals surface area contributed by atoms with Crippen LogP contribution in [-0.4, -0.2) is 6.61 Å². The molecule has 0 amide bonds. The minimum atomic E-state index is -0.185. The highest BCUT2D eigenvalue weighted by molar-refractivity contribution is 5.40. The summed E-state index contributed by atoms with van der Waals surface area (Å²) >= 11 is 0. The Bertz CT molecular complexity index is 414. The molecule has 1 nitrogen and oxygen atoms in total. The molecule has 0 heterocycles. The molecule has 0 unspecified atom stereocenters. The van der Waals surface area contributed by atoms with Gasteiger partial charge < -0.3 is 4.74 Å². The van der Waals surface area contributed by atoms with Gasteiger partial charge in [-0.1, -0.05) is 20.8 Å². The van der Waals surface area contributed by atoms with Crippen molar-refractivity contribution in [2.24, 2.45) is 5.92 Å². The molecule has 0 bridgehead atoms. The van der Waals surface area contributed by atoms with Gasteiger partial charge in [0.2, 0.25) is 0 Å². The molecule has 17 heavy (non-hydrogen) atoms. The highest BCUT2D eigenvalue weighted by Gasteiger charge is 2.24. The lowest BCUT2D eigenvalue weighted by molar-refractivity contribution is 0.296. The third-order valence-electron chi connectivity index (χ3n) is 3.24. The molecule has 2 rings (SSSR count). The minimum absolute atomic E-state index is 0.131. The molecule has 0 saturated heterocycles. The predicted octanol–water partition coefficient (Wildman–Crippen LogP) is 4.22. The van der Waals surface area contributed by atoms with Crippen molar-refractivity contribution in [3.05, 3.63) is 29.1 Å². The van der Waals surface area contributed by atoms with E-state index in [1.54, 1.807) is 6.07 Å². The third-order valence-corrected chi connectivity index (χ3v) is 3.24. The maximum atomic E-state index is 13.9. The van der Waals surface area contributed by atoms with Crippen LogP contribution in [0, 0.1) is 18.7 Å². The molecule has 2 heteroatoms. The zero-order chi connectivity index (χ0) is 12.6. The van der Waals surface area contributed by atoms with Gasteiger partial charge in [0.25, 0.3) is 0 Å². The first-order valence-corrected chi connectivity index (χ1v) is 6.31. The van der Waals surface area contributed by atoms with Gasteiger partial charge in [0.1, 0.15) is 11.6 Å². The summed E-state index contributed by atoms with van der Waals surface area (Å²) in [7, 11) is 0. The molecule has 0 spiro atoms. The van der Waals surface area contributed by atoms with Crippen molar-refractivity contribution in [1.29, 1.82) is 0 Å². The first kappa shape index (κ1) is 12.4. The Morgan fingerprint density at radius 2 is 1.94 bits per heavy atom. The summed E-state index contributed by atoms with van der Waals surface area (Å²) in [6, 6.07) is 3.45. The molecule has 1 aliphatic rings. The van der Waals surface area contributed by atoms with E-state index < -0.39 is 0 Å². The van der Waals surface area contributed by atoms with Crippen LogP contribution in [-0.2, 0) is 5.41 Å². The van der Waals surface area contributed by atoms with Crippen LogP contribution >= 0.6 is 0 Å². The Kier molecular flexibility index (Phi) is 3.15. The molecule has 94 valence electrons. The van der Waals surface area contributed by atoms with Gasteiger partial charge in [0, 0.05) is 0 Å². The highest BCUT2D eigenvalue weighted by Crippen LogP contribution is 2.33. The molecular weight excluding hydrogens is 215 g/mol. The van der Waals surface area contributed by atoms with Gasteiger partial charge in [-0.15, -0.1) is 0 Å². The second-order valence-electron chi connectivity index (χ2n) is 6.10. The van der Waals surface area contributed by atoms with Crippen LogP contribution in [0.15, 0.2) is 12.1 Å². The average molecular weight is 236 g/mol. The third kappa shape index (κ3) is 2.99. The van der Waals surface area contributed by atoms with E-state index in [1.807, 2.05) is 33.8 Å². The molecule has 0 atom stereocenters. The van der Waals surface area contributed by atoms with Crippen LogP contribution in [0.3, 0.4) is 0 Å². The highest BCUT2D eigenvalue weighted by atomic mass is 19.1. The fourth-order valence-corrected chi connectivity index (χ4v) is 1.88. The van der Waals surface area contributed by atoms with Gasteiger partial charge in [-0.3, -0.25) is 0 Å². The number of rotatable bonds is 3. The van der Waals surface area contributed by atoms with Crippen LogP contribution in [0.1, 0.15) is 44.7 Å². The monoisotopic (exact) mass is 236 g/mol. The van der Waals surface area contributed by atoms with E-state index >= 15 is 0 Å². The molecule has 1 aromatic carbocycles. The van der Waals surface area contributed by atoms with E-state index in [9.17, 15) is 4.39 Å². The maximum absolute atomic E-state index is 13.9. The van der Waals surface area contributed by atoms with E-state index in [1.165, 1.54) is 12.8 Å². The van der Waals surface area contributed by atoms with Crippen molar-refractivity contribution in [3.63, 3.8) is 0 Å². The Morgan fingerprint density at radius 3 is 2.47 bits per heavy atom. The number of halogens is 1. The van der Waals surface area contributed by atoms with Crippen molar-refractivity contribution in [1.82, 2.24) is 0 Å². The molecule has 1 saturated carbocycles. The van der Waals surface area contributed by atoms with E-state index in [0.717, 1.165) is 29.4 Å². The maximum Gasteiger partial charge on any atom is 0.127 e. The van der Waals surface area contributed by atoms with Crippen LogP contribution in [0.25, 0.3) is 0 Å². The van der Waals surface area contributed by atoms with Crippen molar-refractivity contribution in [2.45, 2.75) is 46.0 Å². The topological polar surface area (TPSA) is 9.23 Å². The number of benzene rings is 1. The lowest BCUT2D eigenvalue weighted by atomic mass is 9.86. The summed E-state index contributed by atoms with van der Waals surface area (Å²) in [6.07, 6.45) is 2.54. The van der Waals surface area contributed by atoms with E-state index in [0.29, 0.717) is 0 Å². The second-order valence-corrected chi connectivity index (χ2v) is 6.10. The first-order chi connectivity index (χ1) is 7.88. The first-order valence-electron chi connectivity index (χ1n) is 6.31. The van der Waals surface area contributed by atoms with Gasteiger partial charge in [-0.25, -0.2) is 4.39 Å². The average Bonchev–Trinajstić information content (AvgIpc) is 2.98. The van der Waals surface area contributed by atoms with Crippen LogP contribution in [0.2, 0.25) is 0 Å². The van der Waals surface area contributed by atoms with Crippen molar-refractivity contribution in [2.75, 3.05) is 6.61 Å². The smallest absolute Gasteiger partial charge is 0.127 e. The molecule has 0 aromatic heterocycles. The van der Waals surface area contributed by atoms with Crippen LogP contribution < -0.4 is 4.74 Å². The van der Waals surface area contributed by atoms with Crippen molar-refractivity contribution in [3.8, 4) is 5.75 Å². The number of aryl methyl sites for hydroxylation is 1. The quantitative estimate of drug-likeness (QED) is 0.763. The molecule has 0 radical (unpaired) electrons. The Balaban J connectivity index is 2.24. The lowest BCUT2D eigenvalue weighted by Gasteiger charge is -2.21. The standard InChI is InChI=1S/C15H21FO/c1-10-7-13(16)12(15(2,3)4)8-14(10)17-9-11-5-6-11/h7-8,11H,5-6,9H2,1-4H3. The largest absolute Gasteiger partial charge is 0.493 e. The molecular formula is C15H21FO. The number of ether oxygens (including phenoxy) is 1. The lowest BCUT2D eigenvalue weighted by Crippen LogP contribution is -2.14. The number of hydrogen-bond donors (Lipinski definition) is 0. The van der Waals surface area contributed by atoms with Crippen molar-refractivity contribution >= 4 is 0 Å². The van der Waals surface area contributed by atoms with Gasteiger partial charge in [-0.05, 0) is 54.4 Å². The minimum Gasteiger partial charge on any atom is -0.493 e. The predicted molar refractivity (Wildman–Crippen MR) is 68.1 cm³/mol. The summed E-state index contributed by atoms with van der Waals surface area (Å²) in [4.78, 5) is 0. The fraction of sp³-hybridized carbons (Fsp3) is 0.600. The van der Waals surface area contributed by atoms with E-state index in [2.05, 4.69) is 0 Å². The Morgan fingerprint density at radius 1 is 1.29 bits per heavy atom. The van der Waals surface area contributed by atoms with Crippen molar-refractivity contribution < 1.29 is 9.13 Å². The van der Waals surface area contributed by atoms with E-state index in [4.69, 9.17) is 4.74 Å². The zero-order valence-corrected chi connectivity index (χ0v) is 11.1. The fourth-order valence-electron chi connectivity index (χ4n) is 1.88. The SMILES string of the molecule is Cc1cc(F)c(C(C)(C)C)cc1OCC1CC1. The van der Waals surface area contributed by atoms with Gasteiger partial charge in [0.05, 0.1) is 6.61 Å². The summed E-state index contributed by atoms with van der Waals surface area (Å²) in [6.45, 7) is 8.73. The molecule has 0 aliphatic heterocycles.